The molecule has 1 heterocycles. The third kappa shape index (κ3) is 3.73. The zero-order valence-corrected chi connectivity index (χ0v) is 13.7. The predicted octanol–water partition coefficient (Wildman–Crippen LogP) is 1.29. The van der Waals surface area contributed by atoms with Crippen LogP contribution in [0.2, 0.25) is 0 Å². The maximum atomic E-state index is 9.83. The molecule has 0 spiro atoms. The van der Waals surface area contributed by atoms with Gasteiger partial charge in [0.1, 0.15) is 0 Å². The predicted molar refractivity (Wildman–Crippen MR) is 84.0 cm³/mol. The van der Waals surface area contributed by atoms with Gasteiger partial charge in [0, 0.05) is 30.2 Å². The van der Waals surface area contributed by atoms with Gasteiger partial charge in [0.25, 0.3) is 0 Å². The molecule has 3 atom stereocenters. The molecule has 3 unspecified atom stereocenters. The first-order valence-corrected chi connectivity index (χ1v) is 8.25. The summed E-state index contributed by atoms with van der Waals surface area (Å²) in [5, 5.41) is 13.5. The van der Waals surface area contributed by atoms with Crippen LogP contribution in [0.4, 0.5) is 0 Å². The van der Waals surface area contributed by atoms with Gasteiger partial charge in [-0.15, -0.1) is 0 Å². The van der Waals surface area contributed by atoms with Crippen molar-refractivity contribution in [1.29, 1.82) is 0 Å². The topological polar surface area (TPSA) is 38.7 Å². The monoisotopic (exact) mass is 283 g/mol. The van der Waals surface area contributed by atoms with E-state index in [-0.39, 0.29) is 12.1 Å². The highest BCUT2D eigenvalue weighted by atomic mass is 16.3. The molecule has 1 saturated heterocycles. The minimum absolute atomic E-state index is 0.0378. The summed E-state index contributed by atoms with van der Waals surface area (Å²) in [5.41, 5.74) is -0.0378. The van der Waals surface area contributed by atoms with Gasteiger partial charge < -0.3 is 15.3 Å². The fourth-order valence-corrected chi connectivity index (χ4v) is 4.08. The standard InChI is InChI=1S/C16H33N3O/c1-13(2)17-16(12-20)8-7-14(10-16)19-9-5-6-15(11-19)18(3)4/h13-15,17,20H,5-12H2,1-4H3. The number of likely N-dealkylation sites (N-methyl/N-ethyl adjacent to an activating group) is 1. The Balaban J connectivity index is 1.94. The van der Waals surface area contributed by atoms with Crippen molar-refractivity contribution in [3.63, 3.8) is 0 Å². The molecule has 0 aromatic rings. The van der Waals surface area contributed by atoms with Gasteiger partial charge in [-0.25, -0.2) is 0 Å². The SMILES string of the molecule is CC(C)NC1(CO)CCC(N2CCCC(N(C)C)C2)C1. The van der Waals surface area contributed by atoms with Crippen molar-refractivity contribution in [2.24, 2.45) is 0 Å². The Morgan fingerprint density at radius 3 is 2.70 bits per heavy atom. The van der Waals surface area contributed by atoms with Gasteiger partial charge in [-0.1, -0.05) is 13.8 Å². The lowest BCUT2D eigenvalue weighted by Crippen LogP contribution is -2.52. The summed E-state index contributed by atoms with van der Waals surface area (Å²) < 4.78 is 0. The molecule has 1 aliphatic heterocycles. The first kappa shape index (κ1) is 16.2. The van der Waals surface area contributed by atoms with E-state index in [9.17, 15) is 5.11 Å². The molecular formula is C16H33N3O. The summed E-state index contributed by atoms with van der Waals surface area (Å²) in [6, 6.07) is 1.79. The Hall–Kier alpha value is -0.160. The third-order valence-electron chi connectivity index (χ3n) is 5.15. The zero-order chi connectivity index (χ0) is 14.8. The first-order chi connectivity index (χ1) is 9.46. The van der Waals surface area contributed by atoms with E-state index in [2.05, 4.69) is 43.1 Å². The number of hydrogen-bond donors (Lipinski definition) is 2. The smallest absolute Gasteiger partial charge is 0.0614 e. The molecule has 0 aromatic carbocycles. The van der Waals surface area contributed by atoms with Crippen LogP contribution in [0.3, 0.4) is 0 Å². The highest BCUT2D eigenvalue weighted by molar-refractivity contribution is 5.01. The molecular weight excluding hydrogens is 250 g/mol. The number of aliphatic hydroxyl groups excluding tert-OH is 1. The summed E-state index contributed by atoms with van der Waals surface area (Å²) in [6.07, 6.45) is 6.06. The number of hydrogen-bond acceptors (Lipinski definition) is 4. The van der Waals surface area contributed by atoms with E-state index < -0.39 is 0 Å². The van der Waals surface area contributed by atoms with Crippen LogP contribution in [0.15, 0.2) is 0 Å². The van der Waals surface area contributed by atoms with E-state index in [1.807, 2.05) is 0 Å². The van der Waals surface area contributed by atoms with Crippen LogP contribution in [0.5, 0.6) is 0 Å². The van der Waals surface area contributed by atoms with Crippen LogP contribution in [0, 0.1) is 0 Å². The lowest BCUT2D eigenvalue weighted by Gasteiger charge is -2.40. The van der Waals surface area contributed by atoms with E-state index in [1.54, 1.807) is 0 Å². The van der Waals surface area contributed by atoms with Crippen molar-refractivity contribution >= 4 is 0 Å². The van der Waals surface area contributed by atoms with Gasteiger partial charge in [-0.2, -0.15) is 0 Å². The molecule has 20 heavy (non-hydrogen) atoms. The Morgan fingerprint density at radius 1 is 1.35 bits per heavy atom. The third-order valence-corrected chi connectivity index (χ3v) is 5.15. The fraction of sp³-hybridized carbons (Fsp3) is 1.00. The van der Waals surface area contributed by atoms with Crippen molar-refractivity contribution in [1.82, 2.24) is 15.1 Å². The molecule has 0 bridgehead atoms. The average molecular weight is 283 g/mol. The molecule has 1 aliphatic carbocycles. The van der Waals surface area contributed by atoms with E-state index in [4.69, 9.17) is 0 Å². The molecule has 2 N–H and O–H groups in total. The van der Waals surface area contributed by atoms with Crippen molar-refractivity contribution in [2.75, 3.05) is 33.8 Å². The highest BCUT2D eigenvalue weighted by Gasteiger charge is 2.41. The lowest BCUT2D eigenvalue weighted by atomic mass is 9.96. The number of likely N-dealkylation sites (tertiary alicyclic amines) is 1. The highest BCUT2D eigenvalue weighted by Crippen LogP contribution is 2.34. The van der Waals surface area contributed by atoms with Gasteiger partial charge in [0.2, 0.25) is 0 Å². The Labute approximate surface area is 124 Å². The Morgan fingerprint density at radius 2 is 2.10 bits per heavy atom. The minimum Gasteiger partial charge on any atom is -0.394 e. The second-order valence-electron chi connectivity index (χ2n) is 7.39. The van der Waals surface area contributed by atoms with Gasteiger partial charge in [-0.3, -0.25) is 4.90 Å². The summed E-state index contributed by atoms with van der Waals surface area (Å²) in [6.45, 7) is 7.05. The Kier molecular flexibility index (Phi) is 5.46. The summed E-state index contributed by atoms with van der Waals surface area (Å²) in [4.78, 5) is 5.04. The number of nitrogens with zero attached hydrogens (tertiary/aromatic N) is 2. The summed E-state index contributed by atoms with van der Waals surface area (Å²) >= 11 is 0. The summed E-state index contributed by atoms with van der Waals surface area (Å²) in [7, 11) is 4.39. The number of rotatable bonds is 5. The van der Waals surface area contributed by atoms with Crippen molar-refractivity contribution in [3.05, 3.63) is 0 Å². The van der Waals surface area contributed by atoms with Gasteiger partial charge in [0.05, 0.1) is 6.61 Å². The quantitative estimate of drug-likeness (QED) is 0.797. The number of aliphatic hydroxyl groups is 1. The van der Waals surface area contributed by atoms with Gasteiger partial charge >= 0.3 is 0 Å². The molecule has 0 aromatic heterocycles. The van der Waals surface area contributed by atoms with Crippen molar-refractivity contribution in [3.8, 4) is 0 Å². The Bertz CT molecular complexity index is 308. The maximum Gasteiger partial charge on any atom is 0.0614 e. The second kappa shape index (κ2) is 6.73. The van der Waals surface area contributed by atoms with Crippen LogP contribution in [0.25, 0.3) is 0 Å². The molecule has 2 fully saturated rings. The van der Waals surface area contributed by atoms with Crippen molar-refractivity contribution in [2.45, 2.75) is 69.6 Å². The number of piperidine rings is 1. The van der Waals surface area contributed by atoms with Gasteiger partial charge in [-0.05, 0) is 52.7 Å². The zero-order valence-electron chi connectivity index (χ0n) is 13.7. The fourth-order valence-electron chi connectivity index (χ4n) is 4.08. The van der Waals surface area contributed by atoms with E-state index >= 15 is 0 Å². The molecule has 4 nitrogen and oxygen atoms in total. The minimum atomic E-state index is -0.0378. The van der Waals surface area contributed by atoms with Crippen LogP contribution in [-0.2, 0) is 0 Å². The number of nitrogens with one attached hydrogen (secondary N) is 1. The molecule has 0 amide bonds. The van der Waals surface area contributed by atoms with Crippen LogP contribution in [0.1, 0.15) is 46.0 Å². The maximum absolute atomic E-state index is 9.83. The average Bonchev–Trinajstić information content (AvgIpc) is 2.83. The van der Waals surface area contributed by atoms with E-state index in [0.717, 1.165) is 12.8 Å². The first-order valence-electron chi connectivity index (χ1n) is 8.25. The molecule has 2 aliphatic rings. The molecule has 1 saturated carbocycles. The molecule has 4 heteroatoms. The van der Waals surface area contributed by atoms with Crippen LogP contribution < -0.4 is 5.32 Å². The van der Waals surface area contributed by atoms with Gasteiger partial charge in [0.15, 0.2) is 0 Å². The van der Waals surface area contributed by atoms with Crippen LogP contribution in [-0.4, -0.2) is 72.4 Å². The second-order valence-corrected chi connectivity index (χ2v) is 7.39. The molecule has 0 radical (unpaired) electrons. The molecule has 118 valence electrons. The van der Waals surface area contributed by atoms with Crippen LogP contribution >= 0.6 is 0 Å². The molecule has 2 rings (SSSR count). The normalized spacial score (nSPS) is 36.1. The largest absolute Gasteiger partial charge is 0.394 e. The summed E-state index contributed by atoms with van der Waals surface area (Å²) in [5.74, 6) is 0. The lowest BCUT2D eigenvalue weighted by molar-refractivity contribution is 0.0866. The van der Waals surface area contributed by atoms with Crippen molar-refractivity contribution < 1.29 is 5.11 Å². The van der Waals surface area contributed by atoms with E-state index in [0.29, 0.717) is 18.1 Å². The van der Waals surface area contributed by atoms with E-state index in [1.165, 1.54) is 32.4 Å².